The van der Waals surface area contributed by atoms with Crippen LogP contribution in [0.25, 0.3) is 11.3 Å². The third-order valence-electron chi connectivity index (χ3n) is 5.66. The molecular weight excluding hydrogens is 433 g/mol. The monoisotopic (exact) mass is 461 g/mol. The van der Waals surface area contributed by atoms with Gasteiger partial charge in [-0.3, -0.25) is 4.79 Å². The van der Waals surface area contributed by atoms with Gasteiger partial charge < -0.3 is 23.9 Å². The minimum absolute atomic E-state index is 0.0281. The molecule has 33 heavy (non-hydrogen) atoms. The first kappa shape index (κ1) is 24.4. The Morgan fingerprint density at radius 2 is 1.76 bits per heavy atom. The second kappa shape index (κ2) is 10.2. The van der Waals surface area contributed by atoms with Gasteiger partial charge in [-0.1, -0.05) is 13.8 Å². The number of carbonyl (C=O) groups is 3. The molecule has 9 heteroatoms. The fourth-order valence-electron chi connectivity index (χ4n) is 4.30. The molecule has 1 aliphatic heterocycles. The summed E-state index contributed by atoms with van der Waals surface area (Å²) in [5.41, 5.74) is 1.55. The van der Waals surface area contributed by atoms with E-state index in [1.165, 1.54) is 38.5 Å². The minimum atomic E-state index is -0.779. The highest BCUT2D eigenvalue weighted by Gasteiger charge is 2.35. The first-order chi connectivity index (χ1) is 15.7. The lowest BCUT2D eigenvalue weighted by molar-refractivity contribution is -0.160. The molecule has 0 bridgehead atoms. The van der Waals surface area contributed by atoms with E-state index < -0.39 is 35.9 Å². The molecule has 2 aromatic rings. The number of nitrogens with zero attached hydrogens (tertiary/aromatic N) is 1. The summed E-state index contributed by atoms with van der Waals surface area (Å²) in [6.45, 7) is 4.02. The van der Waals surface area contributed by atoms with Crippen molar-refractivity contribution in [2.45, 2.75) is 57.8 Å². The highest BCUT2D eigenvalue weighted by atomic mass is 19.1. The van der Waals surface area contributed by atoms with Gasteiger partial charge in [0.25, 0.3) is 0 Å². The molecule has 1 fully saturated rings. The smallest absolute Gasteiger partial charge is 0.340 e. The summed E-state index contributed by atoms with van der Waals surface area (Å²) in [5, 5.41) is 9.94. The number of ether oxygens (including phenoxy) is 3. The Hall–Kier alpha value is -3.20. The predicted molar refractivity (Wildman–Crippen MR) is 116 cm³/mol. The molecule has 0 saturated carbocycles. The quantitative estimate of drug-likeness (QED) is 0.497. The minimum Gasteiger partial charge on any atom is -0.465 e. The number of cyclic esters (lactones) is 1. The fraction of sp³-hybridized carbons (Fsp3) is 0.458. The summed E-state index contributed by atoms with van der Waals surface area (Å²) in [5.74, 6) is -2.54. The van der Waals surface area contributed by atoms with E-state index in [2.05, 4.69) is 0 Å². The van der Waals surface area contributed by atoms with Crippen LogP contribution in [-0.2, 0) is 25.5 Å². The Balaban J connectivity index is 2.20. The van der Waals surface area contributed by atoms with Gasteiger partial charge in [0, 0.05) is 25.1 Å². The largest absolute Gasteiger partial charge is 0.465 e. The van der Waals surface area contributed by atoms with Gasteiger partial charge in [0.2, 0.25) is 0 Å². The lowest BCUT2D eigenvalue weighted by Gasteiger charge is -2.27. The molecule has 0 aliphatic carbocycles. The van der Waals surface area contributed by atoms with Gasteiger partial charge >= 0.3 is 17.9 Å². The number of benzene rings is 1. The molecule has 1 N–H and O–H groups in total. The van der Waals surface area contributed by atoms with Crippen LogP contribution in [-0.4, -0.2) is 54.0 Å². The van der Waals surface area contributed by atoms with Crippen molar-refractivity contribution in [2.75, 3.05) is 14.2 Å². The number of methoxy groups -OCH3 is 2. The van der Waals surface area contributed by atoms with E-state index in [0.29, 0.717) is 29.8 Å². The molecule has 178 valence electrons. The van der Waals surface area contributed by atoms with Gasteiger partial charge in [-0.05, 0) is 35.7 Å². The van der Waals surface area contributed by atoms with Crippen LogP contribution in [0.1, 0.15) is 65.4 Å². The Labute approximate surface area is 191 Å². The number of hydrogen-bond acceptors (Lipinski definition) is 7. The third-order valence-corrected chi connectivity index (χ3v) is 5.66. The van der Waals surface area contributed by atoms with Crippen LogP contribution in [0, 0.1) is 5.82 Å². The maximum absolute atomic E-state index is 13.6. The first-order valence-electron chi connectivity index (χ1n) is 10.7. The number of hydrogen-bond donors (Lipinski definition) is 1. The van der Waals surface area contributed by atoms with Crippen LogP contribution >= 0.6 is 0 Å². The molecular formula is C24H28FNO7. The van der Waals surface area contributed by atoms with E-state index in [9.17, 15) is 23.9 Å². The molecule has 0 spiro atoms. The number of halogens is 1. The van der Waals surface area contributed by atoms with Crippen molar-refractivity contribution in [3.63, 3.8) is 0 Å². The molecule has 0 radical (unpaired) electrons. The summed E-state index contributed by atoms with van der Waals surface area (Å²) < 4.78 is 30.8. The van der Waals surface area contributed by atoms with E-state index in [1.54, 1.807) is 4.57 Å². The van der Waals surface area contributed by atoms with Gasteiger partial charge in [0.05, 0.1) is 38.0 Å². The molecule has 2 atom stereocenters. The average molecular weight is 461 g/mol. The molecule has 1 aliphatic rings. The number of carbonyl (C=O) groups excluding carboxylic acids is 3. The molecule has 1 saturated heterocycles. The molecule has 3 rings (SSSR count). The second-order valence-electron chi connectivity index (χ2n) is 8.27. The van der Waals surface area contributed by atoms with Crippen molar-refractivity contribution in [2.24, 2.45) is 0 Å². The Morgan fingerprint density at radius 1 is 1.15 bits per heavy atom. The van der Waals surface area contributed by atoms with Crippen LogP contribution in [0.2, 0.25) is 0 Å². The van der Waals surface area contributed by atoms with Crippen molar-refractivity contribution in [1.29, 1.82) is 0 Å². The lowest BCUT2D eigenvalue weighted by Crippen LogP contribution is -2.33. The number of rotatable bonds is 7. The van der Waals surface area contributed by atoms with Crippen molar-refractivity contribution in [3.05, 3.63) is 46.9 Å². The van der Waals surface area contributed by atoms with E-state index >= 15 is 0 Å². The van der Waals surface area contributed by atoms with E-state index in [0.717, 1.165) is 0 Å². The van der Waals surface area contributed by atoms with Crippen molar-refractivity contribution >= 4 is 17.9 Å². The zero-order valence-electron chi connectivity index (χ0n) is 19.1. The SMILES string of the molecule is COC(=O)c1c(C(=O)OC)c(C(C)C)n(CC[C@H]2C[C@H](O)CC(=O)O2)c1-c1ccc(F)cc1. The predicted octanol–water partition coefficient (Wildman–Crippen LogP) is 3.45. The zero-order chi connectivity index (χ0) is 24.3. The van der Waals surface area contributed by atoms with Gasteiger partial charge in [-0.25, -0.2) is 14.0 Å². The van der Waals surface area contributed by atoms with Gasteiger partial charge in [-0.2, -0.15) is 0 Å². The average Bonchev–Trinajstić information content (AvgIpc) is 3.12. The molecule has 0 unspecified atom stereocenters. The Morgan fingerprint density at radius 3 is 2.30 bits per heavy atom. The topological polar surface area (TPSA) is 104 Å². The number of aromatic nitrogens is 1. The third kappa shape index (κ3) is 5.08. The second-order valence-corrected chi connectivity index (χ2v) is 8.27. The van der Waals surface area contributed by atoms with Crippen molar-refractivity contribution in [3.8, 4) is 11.3 Å². The van der Waals surface area contributed by atoms with E-state index in [1.807, 2.05) is 13.8 Å². The summed E-state index contributed by atoms with van der Waals surface area (Å²) >= 11 is 0. The van der Waals surface area contributed by atoms with Gasteiger partial charge in [0.1, 0.15) is 17.5 Å². The maximum Gasteiger partial charge on any atom is 0.340 e. The summed E-state index contributed by atoms with van der Waals surface area (Å²) in [6.07, 6.45) is -0.709. The normalized spacial score (nSPS) is 18.2. The van der Waals surface area contributed by atoms with E-state index in [4.69, 9.17) is 14.2 Å². The van der Waals surface area contributed by atoms with Crippen LogP contribution in [0.5, 0.6) is 0 Å². The highest BCUT2D eigenvalue weighted by Crippen LogP contribution is 2.37. The molecule has 1 aromatic carbocycles. The molecule has 0 amide bonds. The number of aliphatic hydroxyl groups is 1. The van der Waals surface area contributed by atoms with Gasteiger partial charge in [0.15, 0.2) is 0 Å². The Bertz CT molecular complexity index is 1040. The van der Waals surface area contributed by atoms with Crippen molar-refractivity contribution in [1.82, 2.24) is 4.57 Å². The lowest BCUT2D eigenvalue weighted by atomic mass is 10.0. The molecule has 8 nitrogen and oxygen atoms in total. The Kier molecular flexibility index (Phi) is 7.53. The summed E-state index contributed by atoms with van der Waals surface area (Å²) in [6, 6.07) is 5.56. The molecule has 2 heterocycles. The maximum atomic E-state index is 13.6. The van der Waals surface area contributed by atoms with Crippen molar-refractivity contribution < 1.29 is 38.1 Å². The standard InChI is InChI=1S/C24H28FNO7/c1-13(2)21-19(23(29)31-3)20(24(30)32-4)22(14-5-7-15(25)8-6-14)26(21)10-9-17-11-16(27)12-18(28)33-17/h5-8,13,16-17,27H,9-12H2,1-4H3/t16-,17-/m0/s1. The zero-order valence-corrected chi connectivity index (χ0v) is 19.1. The van der Waals surface area contributed by atoms with E-state index in [-0.39, 0.29) is 30.0 Å². The number of esters is 3. The first-order valence-corrected chi connectivity index (χ1v) is 10.7. The number of aliphatic hydroxyl groups excluding tert-OH is 1. The van der Waals surface area contributed by atoms with Gasteiger partial charge in [-0.15, -0.1) is 0 Å². The highest BCUT2D eigenvalue weighted by molar-refractivity contribution is 6.09. The van der Waals surface area contributed by atoms with Crippen LogP contribution < -0.4 is 0 Å². The van der Waals surface area contributed by atoms with Crippen LogP contribution in [0.3, 0.4) is 0 Å². The molecule has 1 aromatic heterocycles. The summed E-state index contributed by atoms with van der Waals surface area (Å²) in [4.78, 5) is 37.5. The fourth-order valence-corrected chi connectivity index (χ4v) is 4.30. The van der Waals surface area contributed by atoms with Crippen LogP contribution in [0.15, 0.2) is 24.3 Å². The summed E-state index contributed by atoms with van der Waals surface area (Å²) in [7, 11) is 2.44. The van der Waals surface area contributed by atoms with Crippen LogP contribution in [0.4, 0.5) is 4.39 Å².